The molecule has 0 saturated heterocycles. The smallest absolute Gasteiger partial charge is 0.166 e. The molecule has 0 spiro atoms. The van der Waals surface area contributed by atoms with Crippen LogP contribution in [-0.4, -0.2) is 0 Å². The zero-order valence-corrected chi connectivity index (χ0v) is 10.2. The van der Waals surface area contributed by atoms with Crippen LogP contribution in [-0.2, 0) is 6.18 Å². The van der Waals surface area contributed by atoms with Crippen LogP contribution in [0.2, 0.25) is 0 Å². The van der Waals surface area contributed by atoms with Gasteiger partial charge >= 0.3 is 6.18 Å². The van der Waals surface area contributed by atoms with Gasteiger partial charge in [-0.1, -0.05) is 40.2 Å². The van der Waals surface area contributed by atoms with E-state index in [1.165, 1.54) is 12.1 Å². The Labute approximate surface area is 105 Å². The highest BCUT2D eigenvalue weighted by Gasteiger charge is 2.29. The van der Waals surface area contributed by atoms with Gasteiger partial charge in [0, 0.05) is 4.47 Å². The first-order valence-electron chi connectivity index (χ1n) is 4.90. The van der Waals surface area contributed by atoms with Crippen molar-refractivity contribution in [3.63, 3.8) is 0 Å². The van der Waals surface area contributed by atoms with E-state index < -0.39 is 11.7 Å². The molecule has 0 radical (unpaired) electrons. The predicted octanol–water partition coefficient (Wildman–Crippen LogP) is 5.13. The molecule has 0 amide bonds. The van der Waals surface area contributed by atoms with Crippen LogP contribution >= 0.6 is 15.9 Å². The molecule has 0 saturated carbocycles. The minimum absolute atomic E-state index is 0.627. The summed E-state index contributed by atoms with van der Waals surface area (Å²) in [7, 11) is 0. The summed E-state index contributed by atoms with van der Waals surface area (Å²) < 4.78 is 38.0. The molecule has 0 aliphatic heterocycles. The van der Waals surface area contributed by atoms with E-state index in [1.54, 1.807) is 0 Å². The van der Waals surface area contributed by atoms with Crippen LogP contribution in [0.25, 0.3) is 11.1 Å². The van der Waals surface area contributed by atoms with Crippen molar-refractivity contribution in [2.24, 2.45) is 0 Å². The molecule has 0 aromatic heterocycles. The molecule has 4 heteroatoms. The summed E-state index contributed by atoms with van der Waals surface area (Å²) in [6.45, 7) is 0. The number of hydrogen-bond acceptors (Lipinski definition) is 0. The van der Waals surface area contributed by atoms with Gasteiger partial charge in [-0.25, -0.2) is 0 Å². The maximum Gasteiger partial charge on any atom is 0.416 e. The first-order valence-corrected chi connectivity index (χ1v) is 5.69. The van der Waals surface area contributed by atoms with Gasteiger partial charge in [-0.2, -0.15) is 13.2 Å². The van der Waals surface area contributed by atoms with Crippen LogP contribution < -0.4 is 0 Å². The van der Waals surface area contributed by atoms with Crippen molar-refractivity contribution in [1.82, 2.24) is 0 Å². The van der Waals surface area contributed by atoms with Gasteiger partial charge in [-0.3, -0.25) is 0 Å². The van der Waals surface area contributed by atoms with Crippen molar-refractivity contribution in [2.45, 2.75) is 6.18 Å². The Morgan fingerprint density at radius 2 is 1.12 bits per heavy atom. The lowest BCUT2D eigenvalue weighted by molar-refractivity contribution is -0.137. The standard InChI is InChI=1S/C13H8BrF3/c14-12-7-3-10(4-8-12)9-1-5-11(6-2-9)13(15,16)17/h1-8H. The topological polar surface area (TPSA) is 0 Å². The predicted molar refractivity (Wildman–Crippen MR) is 64.6 cm³/mol. The van der Waals surface area contributed by atoms with Gasteiger partial charge in [0.15, 0.2) is 0 Å². The molecule has 0 N–H and O–H groups in total. The first-order chi connectivity index (χ1) is 7.97. The van der Waals surface area contributed by atoms with E-state index in [9.17, 15) is 13.2 Å². The quantitative estimate of drug-likeness (QED) is 0.684. The molecule has 17 heavy (non-hydrogen) atoms. The summed E-state index contributed by atoms with van der Waals surface area (Å²) in [4.78, 5) is 0. The van der Waals surface area contributed by atoms with E-state index in [2.05, 4.69) is 15.9 Å². The Morgan fingerprint density at radius 1 is 0.706 bits per heavy atom. The second-order valence-corrected chi connectivity index (χ2v) is 4.50. The van der Waals surface area contributed by atoms with Crippen molar-refractivity contribution < 1.29 is 13.2 Å². The summed E-state index contributed by atoms with van der Waals surface area (Å²) in [6, 6.07) is 12.6. The third kappa shape index (κ3) is 2.88. The Hall–Kier alpha value is -1.29. The number of rotatable bonds is 1. The lowest BCUT2D eigenvalue weighted by Crippen LogP contribution is -2.03. The molecular formula is C13H8BrF3. The lowest BCUT2D eigenvalue weighted by Gasteiger charge is -2.07. The highest BCUT2D eigenvalue weighted by molar-refractivity contribution is 9.10. The second-order valence-electron chi connectivity index (χ2n) is 3.58. The van der Waals surface area contributed by atoms with E-state index in [0.29, 0.717) is 0 Å². The van der Waals surface area contributed by atoms with E-state index in [0.717, 1.165) is 27.7 Å². The third-order valence-corrected chi connectivity index (χ3v) is 2.92. The molecule has 2 aromatic rings. The van der Waals surface area contributed by atoms with Crippen molar-refractivity contribution in [1.29, 1.82) is 0 Å². The van der Waals surface area contributed by atoms with Crippen molar-refractivity contribution >= 4 is 15.9 Å². The fourth-order valence-corrected chi connectivity index (χ4v) is 1.76. The van der Waals surface area contributed by atoms with Gasteiger partial charge in [-0.05, 0) is 35.4 Å². The normalized spacial score (nSPS) is 11.5. The van der Waals surface area contributed by atoms with Gasteiger partial charge in [0.1, 0.15) is 0 Å². The number of hydrogen-bond donors (Lipinski definition) is 0. The van der Waals surface area contributed by atoms with Crippen molar-refractivity contribution in [3.8, 4) is 11.1 Å². The molecule has 0 heterocycles. The van der Waals surface area contributed by atoms with E-state index in [1.807, 2.05) is 24.3 Å². The molecule has 0 aliphatic rings. The SMILES string of the molecule is FC(F)(F)c1ccc(-c2ccc(Br)cc2)cc1. The summed E-state index contributed by atoms with van der Waals surface area (Å²) in [5.74, 6) is 0. The largest absolute Gasteiger partial charge is 0.416 e. The van der Waals surface area contributed by atoms with Crippen molar-refractivity contribution in [2.75, 3.05) is 0 Å². The summed E-state index contributed by atoms with van der Waals surface area (Å²) in [6.07, 6.45) is -4.28. The Balaban J connectivity index is 2.33. The van der Waals surface area contributed by atoms with Crippen LogP contribution in [0.3, 0.4) is 0 Å². The van der Waals surface area contributed by atoms with Crippen LogP contribution in [0, 0.1) is 0 Å². The Bertz CT molecular complexity index is 498. The Kier molecular flexibility index (Phi) is 3.24. The second kappa shape index (κ2) is 4.53. The van der Waals surface area contributed by atoms with Crippen LogP contribution in [0.5, 0.6) is 0 Å². The van der Waals surface area contributed by atoms with E-state index in [4.69, 9.17) is 0 Å². The van der Waals surface area contributed by atoms with Gasteiger partial charge in [-0.15, -0.1) is 0 Å². The molecule has 0 bridgehead atoms. The van der Waals surface area contributed by atoms with Gasteiger partial charge in [0.2, 0.25) is 0 Å². The molecule has 88 valence electrons. The highest BCUT2D eigenvalue weighted by atomic mass is 79.9. The Morgan fingerprint density at radius 3 is 1.53 bits per heavy atom. The third-order valence-electron chi connectivity index (χ3n) is 2.39. The molecular weight excluding hydrogens is 293 g/mol. The van der Waals surface area contributed by atoms with Crippen LogP contribution in [0.1, 0.15) is 5.56 Å². The molecule has 2 aromatic carbocycles. The highest BCUT2D eigenvalue weighted by Crippen LogP contribution is 2.31. The first kappa shape index (κ1) is 12.2. The minimum Gasteiger partial charge on any atom is -0.166 e. The average Bonchev–Trinajstić information content (AvgIpc) is 2.29. The summed E-state index contributed by atoms with van der Waals surface area (Å²) in [5, 5.41) is 0. The average molecular weight is 301 g/mol. The minimum atomic E-state index is -4.28. The van der Waals surface area contributed by atoms with Gasteiger partial charge in [0.25, 0.3) is 0 Å². The van der Waals surface area contributed by atoms with Crippen LogP contribution in [0.4, 0.5) is 13.2 Å². The van der Waals surface area contributed by atoms with Crippen LogP contribution in [0.15, 0.2) is 53.0 Å². The summed E-state index contributed by atoms with van der Waals surface area (Å²) >= 11 is 3.31. The molecule has 2 rings (SSSR count). The lowest BCUT2D eigenvalue weighted by atomic mass is 10.0. The maximum absolute atomic E-state index is 12.4. The zero-order chi connectivity index (χ0) is 12.5. The molecule has 0 aliphatic carbocycles. The molecule has 0 unspecified atom stereocenters. The van der Waals surface area contributed by atoms with Gasteiger partial charge in [0.05, 0.1) is 5.56 Å². The molecule has 0 fully saturated rings. The number of halogens is 4. The monoisotopic (exact) mass is 300 g/mol. The fraction of sp³-hybridized carbons (Fsp3) is 0.0769. The fourth-order valence-electron chi connectivity index (χ4n) is 1.49. The number of alkyl halides is 3. The van der Waals surface area contributed by atoms with Gasteiger partial charge < -0.3 is 0 Å². The molecule has 0 atom stereocenters. The van der Waals surface area contributed by atoms with E-state index >= 15 is 0 Å². The zero-order valence-electron chi connectivity index (χ0n) is 8.63. The molecule has 0 nitrogen and oxygen atoms in total. The maximum atomic E-state index is 12.4. The number of benzene rings is 2. The summed E-state index contributed by atoms with van der Waals surface area (Å²) in [5.41, 5.74) is 1.03. The van der Waals surface area contributed by atoms with E-state index in [-0.39, 0.29) is 0 Å². The van der Waals surface area contributed by atoms with Crippen molar-refractivity contribution in [3.05, 3.63) is 58.6 Å².